The molecule has 1 aromatic rings. The molecule has 0 aromatic heterocycles. The Morgan fingerprint density at radius 1 is 1.50 bits per heavy atom. The first kappa shape index (κ1) is 11.4. The predicted octanol–water partition coefficient (Wildman–Crippen LogP) is 2.36. The summed E-state index contributed by atoms with van der Waals surface area (Å²) in [5.41, 5.74) is 1.96. The molecule has 0 radical (unpaired) electrons. The molecule has 0 bridgehead atoms. The van der Waals surface area contributed by atoms with Gasteiger partial charge >= 0.3 is 0 Å². The second-order valence-electron chi connectivity index (χ2n) is 3.91. The van der Waals surface area contributed by atoms with Crippen molar-refractivity contribution in [2.75, 3.05) is 18.5 Å². The highest BCUT2D eigenvalue weighted by molar-refractivity contribution is 6.31. The summed E-state index contributed by atoms with van der Waals surface area (Å²) in [5, 5.41) is 3.71. The first-order valence-electron chi connectivity index (χ1n) is 5.47. The normalized spacial score (nSPS) is 19.1. The van der Waals surface area contributed by atoms with Crippen LogP contribution < -0.4 is 10.2 Å². The minimum atomic E-state index is -0.223. The summed E-state index contributed by atoms with van der Waals surface area (Å²) in [6, 6.07) is 5.39. The smallest absolute Gasteiger partial charge is 0.248 e. The second-order valence-corrected chi connectivity index (χ2v) is 4.35. The maximum absolute atomic E-state index is 12.1. The van der Waals surface area contributed by atoms with Gasteiger partial charge in [-0.05, 0) is 25.6 Å². The summed E-state index contributed by atoms with van der Waals surface area (Å²) < 4.78 is 0. The maximum atomic E-state index is 12.1. The molecule has 2 rings (SSSR count). The van der Waals surface area contributed by atoms with Crippen molar-refractivity contribution in [1.29, 1.82) is 0 Å². The number of hydrogen-bond donors (Lipinski definition) is 1. The molecule has 1 unspecified atom stereocenters. The van der Waals surface area contributed by atoms with Crippen LogP contribution in [0.1, 0.15) is 24.9 Å². The number of rotatable bonds is 3. The van der Waals surface area contributed by atoms with E-state index in [-0.39, 0.29) is 11.9 Å². The van der Waals surface area contributed by atoms with Crippen molar-refractivity contribution < 1.29 is 4.79 Å². The van der Waals surface area contributed by atoms with Gasteiger partial charge in [0.25, 0.3) is 0 Å². The fourth-order valence-electron chi connectivity index (χ4n) is 2.14. The van der Waals surface area contributed by atoms with Crippen molar-refractivity contribution >= 4 is 23.2 Å². The zero-order chi connectivity index (χ0) is 11.7. The SMILES string of the molecule is CCCN1C(=O)C(NC)c2ccc(Cl)cc21. The van der Waals surface area contributed by atoms with Crippen LogP contribution in [0.4, 0.5) is 5.69 Å². The molecule has 1 aliphatic rings. The Kier molecular flexibility index (Phi) is 3.17. The van der Waals surface area contributed by atoms with E-state index in [0.717, 1.165) is 24.2 Å². The molecule has 1 heterocycles. The van der Waals surface area contributed by atoms with Crippen LogP contribution in [-0.2, 0) is 4.79 Å². The number of nitrogens with zero attached hydrogens (tertiary/aromatic N) is 1. The highest BCUT2D eigenvalue weighted by atomic mass is 35.5. The van der Waals surface area contributed by atoms with E-state index in [1.165, 1.54) is 0 Å². The van der Waals surface area contributed by atoms with Gasteiger partial charge in [0.15, 0.2) is 0 Å². The van der Waals surface area contributed by atoms with Crippen LogP contribution in [0.15, 0.2) is 18.2 Å². The third-order valence-corrected chi connectivity index (χ3v) is 3.08. The van der Waals surface area contributed by atoms with E-state index < -0.39 is 0 Å². The van der Waals surface area contributed by atoms with Crippen molar-refractivity contribution in [1.82, 2.24) is 5.32 Å². The average molecular weight is 239 g/mol. The quantitative estimate of drug-likeness (QED) is 0.877. The molecule has 16 heavy (non-hydrogen) atoms. The number of carbonyl (C=O) groups is 1. The minimum absolute atomic E-state index is 0.113. The topological polar surface area (TPSA) is 32.3 Å². The molecule has 1 aromatic carbocycles. The van der Waals surface area contributed by atoms with Gasteiger partial charge < -0.3 is 10.2 Å². The molecule has 0 fully saturated rings. The number of benzene rings is 1. The number of halogens is 1. The van der Waals surface area contributed by atoms with E-state index in [9.17, 15) is 4.79 Å². The van der Waals surface area contributed by atoms with Crippen LogP contribution in [0.25, 0.3) is 0 Å². The van der Waals surface area contributed by atoms with Gasteiger partial charge in [0.1, 0.15) is 6.04 Å². The Labute approximate surface area is 100 Å². The maximum Gasteiger partial charge on any atom is 0.248 e. The van der Waals surface area contributed by atoms with Crippen LogP contribution >= 0.6 is 11.6 Å². The first-order chi connectivity index (χ1) is 7.69. The van der Waals surface area contributed by atoms with Crippen molar-refractivity contribution in [3.8, 4) is 0 Å². The lowest BCUT2D eigenvalue weighted by molar-refractivity contribution is -0.119. The van der Waals surface area contributed by atoms with Gasteiger partial charge in [-0.1, -0.05) is 24.6 Å². The summed E-state index contributed by atoms with van der Waals surface area (Å²) >= 11 is 5.97. The van der Waals surface area contributed by atoms with E-state index in [4.69, 9.17) is 11.6 Å². The van der Waals surface area contributed by atoms with Gasteiger partial charge in [-0.3, -0.25) is 4.79 Å². The lowest BCUT2D eigenvalue weighted by Gasteiger charge is -2.16. The van der Waals surface area contributed by atoms with Crippen LogP contribution in [0.5, 0.6) is 0 Å². The molecule has 1 aliphatic heterocycles. The fraction of sp³-hybridized carbons (Fsp3) is 0.417. The Hall–Kier alpha value is -1.06. The van der Waals surface area contributed by atoms with Gasteiger partial charge in [-0.15, -0.1) is 0 Å². The van der Waals surface area contributed by atoms with Crippen molar-refractivity contribution in [3.63, 3.8) is 0 Å². The largest absolute Gasteiger partial charge is 0.310 e. The summed E-state index contributed by atoms with van der Waals surface area (Å²) in [5.74, 6) is 0.113. The lowest BCUT2D eigenvalue weighted by atomic mass is 10.1. The lowest BCUT2D eigenvalue weighted by Crippen LogP contribution is -2.33. The van der Waals surface area contributed by atoms with Crippen molar-refractivity contribution in [2.45, 2.75) is 19.4 Å². The number of fused-ring (bicyclic) bond motifs is 1. The number of amides is 1. The second kappa shape index (κ2) is 4.44. The molecule has 1 atom stereocenters. The monoisotopic (exact) mass is 238 g/mol. The molecule has 1 amide bonds. The third kappa shape index (κ3) is 1.70. The number of anilines is 1. The van der Waals surface area contributed by atoms with Crippen LogP contribution in [-0.4, -0.2) is 19.5 Å². The third-order valence-electron chi connectivity index (χ3n) is 2.84. The van der Waals surface area contributed by atoms with Gasteiger partial charge in [-0.2, -0.15) is 0 Å². The molecule has 0 aliphatic carbocycles. The zero-order valence-corrected chi connectivity index (χ0v) is 10.2. The Morgan fingerprint density at radius 2 is 2.25 bits per heavy atom. The molecular weight excluding hydrogens is 224 g/mol. The van der Waals surface area contributed by atoms with E-state index in [0.29, 0.717) is 5.02 Å². The first-order valence-corrected chi connectivity index (χ1v) is 5.85. The molecular formula is C12H15ClN2O. The fourth-order valence-corrected chi connectivity index (χ4v) is 2.30. The van der Waals surface area contributed by atoms with E-state index in [1.54, 1.807) is 7.05 Å². The number of likely N-dealkylation sites (N-methyl/N-ethyl adjacent to an activating group) is 1. The Bertz CT molecular complexity index is 419. The standard InChI is InChI=1S/C12H15ClN2O/c1-3-6-15-10-7-8(13)4-5-9(10)11(14-2)12(15)16/h4-5,7,11,14H,3,6H2,1-2H3. The molecule has 0 spiro atoms. The zero-order valence-electron chi connectivity index (χ0n) is 9.46. The summed E-state index contributed by atoms with van der Waals surface area (Å²) in [6.45, 7) is 2.80. The summed E-state index contributed by atoms with van der Waals surface area (Å²) in [4.78, 5) is 13.9. The van der Waals surface area contributed by atoms with Gasteiger partial charge in [0.2, 0.25) is 5.91 Å². The molecule has 0 saturated carbocycles. The van der Waals surface area contributed by atoms with Crippen LogP contribution in [0.3, 0.4) is 0 Å². The number of nitrogens with one attached hydrogen (secondary N) is 1. The average Bonchev–Trinajstić information content (AvgIpc) is 2.52. The van der Waals surface area contributed by atoms with Gasteiger partial charge in [0.05, 0.1) is 5.69 Å². The number of carbonyl (C=O) groups excluding carboxylic acids is 1. The molecule has 0 saturated heterocycles. The Morgan fingerprint density at radius 3 is 2.88 bits per heavy atom. The number of hydrogen-bond acceptors (Lipinski definition) is 2. The summed E-state index contributed by atoms with van der Waals surface area (Å²) in [6.07, 6.45) is 0.939. The summed E-state index contributed by atoms with van der Waals surface area (Å²) in [7, 11) is 1.80. The van der Waals surface area contributed by atoms with Crippen molar-refractivity contribution in [2.24, 2.45) is 0 Å². The van der Waals surface area contributed by atoms with Gasteiger partial charge in [-0.25, -0.2) is 0 Å². The van der Waals surface area contributed by atoms with E-state index >= 15 is 0 Å². The highest BCUT2D eigenvalue weighted by Gasteiger charge is 2.35. The van der Waals surface area contributed by atoms with Crippen LogP contribution in [0.2, 0.25) is 5.02 Å². The molecule has 3 nitrogen and oxygen atoms in total. The Balaban J connectivity index is 2.46. The minimum Gasteiger partial charge on any atom is -0.310 e. The molecule has 86 valence electrons. The predicted molar refractivity (Wildman–Crippen MR) is 65.9 cm³/mol. The highest BCUT2D eigenvalue weighted by Crippen LogP contribution is 2.37. The van der Waals surface area contributed by atoms with E-state index in [2.05, 4.69) is 12.2 Å². The van der Waals surface area contributed by atoms with Crippen molar-refractivity contribution in [3.05, 3.63) is 28.8 Å². The van der Waals surface area contributed by atoms with Gasteiger partial charge in [0, 0.05) is 17.1 Å². The van der Waals surface area contributed by atoms with E-state index in [1.807, 2.05) is 23.1 Å². The molecule has 4 heteroatoms. The molecule has 1 N–H and O–H groups in total. The van der Waals surface area contributed by atoms with Crippen LogP contribution in [0, 0.1) is 0 Å².